The number of ether oxygens (including phenoxy) is 1. The maximum atomic E-state index is 12.0. The summed E-state index contributed by atoms with van der Waals surface area (Å²) in [6.07, 6.45) is 1.36. The molecule has 23 heavy (non-hydrogen) atoms. The van der Waals surface area contributed by atoms with E-state index in [1.165, 1.54) is 4.90 Å². The zero-order valence-corrected chi connectivity index (χ0v) is 13.3. The molecule has 0 spiro atoms. The average molecular weight is 318 g/mol. The van der Waals surface area contributed by atoms with Gasteiger partial charge in [0.1, 0.15) is 0 Å². The van der Waals surface area contributed by atoms with E-state index in [2.05, 4.69) is 5.32 Å². The van der Waals surface area contributed by atoms with Crippen LogP contribution in [-0.2, 0) is 20.9 Å². The van der Waals surface area contributed by atoms with E-state index in [1.807, 2.05) is 6.92 Å². The van der Waals surface area contributed by atoms with Gasteiger partial charge in [0.05, 0.1) is 6.54 Å². The molecular formula is C17H22N2O4. The van der Waals surface area contributed by atoms with Crippen molar-refractivity contribution >= 4 is 17.7 Å². The van der Waals surface area contributed by atoms with Crippen LogP contribution in [0.1, 0.15) is 42.1 Å². The molecule has 0 aromatic heterocycles. The van der Waals surface area contributed by atoms with Crippen LogP contribution in [0.4, 0.5) is 0 Å². The fourth-order valence-corrected chi connectivity index (χ4v) is 2.37. The average Bonchev–Trinajstić information content (AvgIpc) is 2.87. The van der Waals surface area contributed by atoms with Crippen LogP contribution < -0.4 is 5.32 Å². The summed E-state index contributed by atoms with van der Waals surface area (Å²) in [5.74, 6) is -0.404. The number of hydrogen-bond donors (Lipinski definition) is 1. The summed E-state index contributed by atoms with van der Waals surface area (Å²) in [6.45, 7) is 4.08. The number of likely N-dealkylation sites (tertiary alicyclic amines) is 1. The first-order valence-corrected chi connectivity index (χ1v) is 7.90. The zero-order valence-electron chi connectivity index (χ0n) is 13.3. The Morgan fingerprint density at radius 3 is 2.43 bits per heavy atom. The van der Waals surface area contributed by atoms with Crippen molar-refractivity contribution in [2.24, 2.45) is 0 Å². The molecule has 0 bridgehead atoms. The highest BCUT2D eigenvalue weighted by atomic mass is 16.5. The summed E-state index contributed by atoms with van der Waals surface area (Å²) in [7, 11) is 0. The summed E-state index contributed by atoms with van der Waals surface area (Å²) >= 11 is 0. The van der Waals surface area contributed by atoms with Crippen LogP contribution in [0.25, 0.3) is 0 Å². The second-order valence-corrected chi connectivity index (χ2v) is 5.38. The molecule has 1 N–H and O–H groups in total. The maximum Gasteiger partial charge on any atom is 0.251 e. The third kappa shape index (κ3) is 4.89. The van der Waals surface area contributed by atoms with Crippen molar-refractivity contribution in [3.8, 4) is 0 Å². The molecule has 0 aliphatic carbocycles. The molecule has 0 unspecified atom stereocenters. The van der Waals surface area contributed by atoms with Gasteiger partial charge in [0, 0.05) is 38.2 Å². The van der Waals surface area contributed by atoms with E-state index in [-0.39, 0.29) is 24.3 Å². The van der Waals surface area contributed by atoms with Gasteiger partial charge >= 0.3 is 0 Å². The van der Waals surface area contributed by atoms with E-state index in [1.54, 1.807) is 24.3 Å². The lowest BCUT2D eigenvalue weighted by Gasteiger charge is -2.14. The number of nitrogens with zero attached hydrogens (tertiary/aromatic N) is 1. The van der Waals surface area contributed by atoms with Crippen molar-refractivity contribution in [1.82, 2.24) is 10.2 Å². The Hall–Kier alpha value is -2.21. The lowest BCUT2D eigenvalue weighted by atomic mass is 10.1. The van der Waals surface area contributed by atoms with E-state index < -0.39 is 0 Å². The number of nitrogens with one attached hydrogen (secondary N) is 1. The predicted octanol–water partition coefficient (Wildman–Crippen LogP) is 1.49. The first kappa shape index (κ1) is 17.1. The van der Waals surface area contributed by atoms with Gasteiger partial charge in [0.25, 0.3) is 5.91 Å². The summed E-state index contributed by atoms with van der Waals surface area (Å²) in [5.41, 5.74) is 1.39. The third-order valence-electron chi connectivity index (χ3n) is 3.67. The SMILES string of the molecule is CCOCCCNC(=O)c1ccc(CN2C(=O)CCC2=O)cc1. The fraction of sp³-hybridized carbons (Fsp3) is 0.471. The molecule has 1 aliphatic heterocycles. The van der Waals surface area contributed by atoms with Crippen LogP contribution in [0.2, 0.25) is 0 Å². The molecule has 6 heteroatoms. The second kappa shape index (κ2) is 8.43. The zero-order chi connectivity index (χ0) is 16.7. The number of imide groups is 1. The smallest absolute Gasteiger partial charge is 0.251 e. The Kier molecular flexibility index (Phi) is 6.29. The van der Waals surface area contributed by atoms with E-state index in [9.17, 15) is 14.4 Å². The largest absolute Gasteiger partial charge is 0.382 e. The third-order valence-corrected chi connectivity index (χ3v) is 3.67. The van der Waals surface area contributed by atoms with Crippen LogP contribution in [-0.4, -0.2) is 42.4 Å². The molecular weight excluding hydrogens is 296 g/mol. The predicted molar refractivity (Wildman–Crippen MR) is 84.7 cm³/mol. The van der Waals surface area contributed by atoms with Gasteiger partial charge in [-0.25, -0.2) is 0 Å². The molecule has 1 heterocycles. The van der Waals surface area contributed by atoms with Gasteiger partial charge in [-0.2, -0.15) is 0 Å². The first-order chi connectivity index (χ1) is 11.1. The molecule has 1 fully saturated rings. The van der Waals surface area contributed by atoms with E-state index in [0.717, 1.165) is 12.0 Å². The topological polar surface area (TPSA) is 75.7 Å². The molecule has 2 rings (SSSR count). The monoisotopic (exact) mass is 318 g/mol. The highest BCUT2D eigenvalue weighted by Crippen LogP contribution is 2.16. The Bertz CT molecular complexity index is 552. The lowest BCUT2D eigenvalue weighted by molar-refractivity contribution is -0.139. The van der Waals surface area contributed by atoms with Gasteiger partial charge in [-0.3, -0.25) is 19.3 Å². The Balaban J connectivity index is 1.83. The number of rotatable bonds is 8. The van der Waals surface area contributed by atoms with Crippen molar-refractivity contribution in [2.75, 3.05) is 19.8 Å². The summed E-state index contributed by atoms with van der Waals surface area (Å²) in [6, 6.07) is 6.96. The quantitative estimate of drug-likeness (QED) is 0.582. The molecule has 124 valence electrons. The van der Waals surface area contributed by atoms with Crippen LogP contribution >= 0.6 is 0 Å². The normalized spacial score (nSPS) is 14.4. The van der Waals surface area contributed by atoms with Crippen LogP contribution in [0.3, 0.4) is 0 Å². The maximum absolute atomic E-state index is 12.0. The van der Waals surface area contributed by atoms with Crippen LogP contribution in [0.15, 0.2) is 24.3 Å². The Morgan fingerprint density at radius 2 is 1.83 bits per heavy atom. The standard InChI is InChI=1S/C17H22N2O4/c1-2-23-11-3-10-18-17(22)14-6-4-13(5-7-14)12-19-15(20)8-9-16(19)21/h4-7H,2-3,8-12H2,1H3,(H,18,22). The minimum Gasteiger partial charge on any atom is -0.382 e. The van der Waals surface area contributed by atoms with Crippen molar-refractivity contribution < 1.29 is 19.1 Å². The van der Waals surface area contributed by atoms with Crippen molar-refractivity contribution in [2.45, 2.75) is 32.7 Å². The summed E-state index contributed by atoms with van der Waals surface area (Å²) in [4.78, 5) is 36.4. The second-order valence-electron chi connectivity index (χ2n) is 5.38. The van der Waals surface area contributed by atoms with Crippen molar-refractivity contribution in [3.05, 3.63) is 35.4 Å². The van der Waals surface area contributed by atoms with Gasteiger partial charge in [-0.1, -0.05) is 12.1 Å². The Labute approximate surface area is 135 Å². The fourth-order valence-electron chi connectivity index (χ4n) is 2.37. The van der Waals surface area contributed by atoms with Crippen LogP contribution in [0.5, 0.6) is 0 Å². The minimum absolute atomic E-state index is 0.133. The molecule has 0 saturated carbocycles. The van der Waals surface area contributed by atoms with Gasteiger partial charge in [-0.05, 0) is 31.0 Å². The number of hydrogen-bond acceptors (Lipinski definition) is 4. The molecule has 0 atom stereocenters. The molecule has 1 aromatic rings. The van der Waals surface area contributed by atoms with Gasteiger partial charge < -0.3 is 10.1 Å². The molecule has 0 radical (unpaired) electrons. The number of carbonyl (C=O) groups is 3. The summed E-state index contributed by atoms with van der Waals surface area (Å²) < 4.78 is 5.21. The summed E-state index contributed by atoms with van der Waals surface area (Å²) in [5, 5.41) is 2.83. The lowest BCUT2D eigenvalue weighted by Crippen LogP contribution is -2.28. The highest BCUT2D eigenvalue weighted by Gasteiger charge is 2.28. The highest BCUT2D eigenvalue weighted by molar-refractivity contribution is 6.01. The van der Waals surface area contributed by atoms with E-state index in [0.29, 0.717) is 38.2 Å². The molecule has 6 nitrogen and oxygen atoms in total. The number of amides is 3. The molecule has 1 saturated heterocycles. The van der Waals surface area contributed by atoms with E-state index >= 15 is 0 Å². The van der Waals surface area contributed by atoms with E-state index in [4.69, 9.17) is 4.74 Å². The minimum atomic E-state index is -0.138. The Morgan fingerprint density at radius 1 is 1.17 bits per heavy atom. The first-order valence-electron chi connectivity index (χ1n) is 7.90. The molecule has 1 aromatic carbocycles. The van der Waals surface area contributed by atoms with Gasteiger partial charge in [0.15, 0.2) is 0 Å². The molecule has 3 amide bonds. The van der Waals surface area contributed by atoms with Gasteiger partial charge in [-0.15, -0.1) is 0 Å². The molecule has 1 aliphatic rings. The number of carbonyl (C=O) groups excluding carboxylic acids is 3. The van der Waals surface area contributed by atoms with Gasteiger partial charge in [0.2, 0.25) is 11.8 Å². The number of benzene rings is 1. The van der Waals surface area contributed by atoms with Crippen molar-refractivity contribution in [1.29, 1.82) is 0 Å². The van der Waals surface area contributed by atoms with Crippen LogP contribution in [0, 0.1) is 0 Å². The van der Waals surface area contributed by atoms with Crippen molar-refractivity contribution in [3.63, 3.8) is 0 Å².